The first-order valence-corrected chi connectivity index (χ1v) is 6.49. The standard InChI is InChI=1S/C11H7BrN2O3S/c12-6-2-1-3-7(4-6)13-9(15)10-14-8(5-18-10)11(16)17/h1-5H,(H,13,15)(H,16,17). The SMILES string of the molecule is O=C(O)c1csc(C(=O)Nc2cccc(Br)c2)n1. The Labute approximate surface area is 115 Å². The molecule has 0 aliphatic heterocycles. The molecule has 92 valence electrons. The van der Waals surface area contributed by atoms with Crippen LogP contribution in [0.4, 0.5) is 5.69 Å². The monoisotopic (exact) mass is 326 g/mol. The van der Waals surface area contributed by atoms with E-state index in [9.17, 15) is 9.59 Å². The number of aromatic nitrogens is 1. The molecule has 1 heterocycles. The Bertz CT molecular complexity index is 612. The fraction of sp³-hybridized carbons (Fsp3) is 0. The zero-order valence-electron chi connectivity index (χ0n) is 8.88. The summed E-state index contributed by atoms with van der Waals surface area (Å²) in [4.78, 5) is 26.2. The highest BCUT2D eigenvalue weighted by Gasteiger charge is 2.14. The molecule has 0 atom stereocenters. The Morgan fingerprint density at radius 2 is 2.17 bits per heavy atom. The number of carbonyl (C=O) groups is 2. The van der Waals surface area contributed by atoms with Gasteiger partial charge in [-0.3, -0.25) is 4.79 Å². The molecule has 0 saturated heterocycles. The summed E-state index contributed by atoms with van der Waals surface area (Å²) in [6, 6.07) is 7.09. The molecule has 0 bridgehead atoms. The topological polar surface area (TPSA) is 79.3 Å². The second-order valence-electron chi connectivity index (χ2n) is 3.31. The lowest BCUT2D eigenvalue weighted by molar-refractivity contribution is 0.0691. The smallest absolute Gasteiger partial charge is 0.355 e. The van der Waals surface area contributed by atoms with Crippen LogP contribution in [0.25, 0.3) is 0 Å². The molecular weight excluding hydrogens is 320 g/mol. The van der Waals surface area contributed by atoms with Crippen LogP contribution in [0.2, 0.25) is 0 Å². The fourth-order valence-corrected chi connectivity index (χ4v) is 2.31. The third kappa shape index (κ3) is 2.93. The molecule has 1 amide bonds. The normalized spacial score (nSPS) is 10.1. The average molecular weight is 327 g/mol. The summed E-state index contributed by atoms with van der Waals surface area (Å²) >= 11 is 4.28. The van der Waals surface area contributed by atoms with Crippen molar-refractivity contribution >= 4 is 44.8 Å². The molecule has 0 unspecified atom stereocenters. The summed E-state index contributed by atoms with van der Waals surface area (Å²) in [5.41, 5.74) is 0.487. The maximum atomic E-state index is 11.8. The number of carboxylic acids is 1. The Morgan fingerprint density at radius 1 is 1.39 bits per heavy atom. The number of hydrogen-bond donors (Lipinski definition) is 2. The van der Waals surface area contributed by atoms with Gasteiger partial charge in [0.15, 0.2) is 10.7 Å². The molecule has 18 heavy (non-hydrogen) atoms. The summed E-state index contributed by atoms with van der Waals surface area (Å²) < 4.78 is 0.839. The number of nitrogens with zero attached hydrogens (tertiary/aromatic N) is 1. The maximum Gasteiger partial charge on any atom is 0.355 e. The van der Waals surface area contributed by atoms with Crippen LogP contribution in [0.3, 0.4) is 0 Å². The minimum atomic E-state index is -1.15. The van der Waals surface area contributed by atoms with Gasteiger partial charge in [-0.25, -0.2) is 9.78 Å². The molecule has 2 N–H and O–H groups in total. The van der Waals surface area contributed by atoms with Crippen molar-refractivity contribution in [2.45, 2.75) is 0 Å². The van der Waals surface area contributed by atoms with E-state index in [2.05, 4.69) is 26.2 Å². The summed E-state index contributed by atoms with van der Waals surface area (Å²) in [6.07, 6.45) is 0. The highest BCUT2D eigenvalue weighted by molar-refractivity contribution is 9.10. The van der Waals surface area contributed by atoms with Crippen molar-refractivity contribution < 1.29 is 14.7 Å². The van der Waals surface area contributed by atoms with Crippen molar-refractivity contribution in [2.24, 2.45) is 0 Å². The molecule has 0 aliphatic rings. The minimum Gasteiger partial charge on any atom is -0.476 e. The van der Waals surface area contributed by atoms with Crippen LogP contribution in [0, 0.1) is 0 Å². The molecule has 1 aromatic heterocycles. The molecule has 0 radical (unpaired) electrons. The molecular formula is C11H7BrN2O3S. The van der Waals surface area contributed by atoms with Crippen LogP contribution in [-0.2, 0) is 0 Å². The van der Waals surface area contributed by atoms with Gasteiger partial charge in [0.25, 0.3) is 5.91 Å². The quantitative estimate of drug-likeness (QED) is 0.908. The molecule has 5 nitrogen and oxygen atoms in total. The summed E-state index contributed by atoms with van der Waals surface area (Å²) in [6.45, 7) is 0. The Kier molecular flexibility index (Phi) is 3.73. The van der Waals surface area contributed by atoms with Gasteiger partial charge < -0.3 is 10.4 Å². The predicted molar refractivity (Wildman–Crippen MR) is 71.2 cm³/mol. The van der Waals surface area contributed by atoms with E-state index in [1.165, 1.54) is 5.38 Å². The van der Waals surface area contributed by atoms with E-state index in [1.807, 2.05) is 6.07 Å². The van der Waals surface area contributed by atoms with E-state index < -0.39 is 11.9 Å². The number of thiazole rings is 1. The molecule has 0 fully saturated rings. The van der Waals surface area contributed by atoms with E-state index in [-0.39, 0.29) is 10.7 Å². The molecule has 0 spiro atoms. The summed E-state index contributed by atoms with van der Waals surface area (Å²) in [5, 5.41) is 12.8. The first-order valence-electron chi connectivity index (χ1n) is 4.82. The number of hydrogen-bond acceptors (Lipinski definition) is 4. The minimum absolute atomic E-state index is 0.118. The first-order chi connectivity index (χ1) is 8.56. The lowest BCUT2D eigenvalue weighted by Crippen LogP contribution is -2.12. The van der Waals surface area contributed by atoms with Crippen molar-refractivity contribution in [3.8, 4) is 0 Å². The Morgan fingerprint density at radius 3 is 2.78 bits per heavy atom. The van der Waals surface area contributed by atoms with Gasteiger partial charge in [0.05, 0.1) is 0 Å². The van der Waals surface area contributed by atoms with Crippen LogP contribution < -0.4 is 5.32 Å². The predicted octanol–water partition coefficient (Wildman–Crippen LogP) is 2.86. The van der Waals surface area contributed by atoms with Crippen molar-refractivity contribution in [1.29, 1.82) is 0 Å². The van der Waals surface area contributed by atoms with Gasteiger partial charge in [0, 0.05) is 15.5 Å². The molecule has 2 aromatic rings. The van der Waals surface area contributed by atoms with Crippen LogP contribution >= 0.6 is 27.3 Å². The van der Waals surface area contributed by atoms with Crippen LogP contribution in [-0.4, -0.2) is 22.0 Å². The number of aromatic carboxylic acids is 1. The number of nitrogens with one attached hydrogen (secondary N) is 1. The van der Waals surface area contributed by atoms with Crippen molar-refractivity contribution in [2.75, 3.05) is 5.32 Å². The largest absolute Gasteiger partial charge is 0.476 e. The van der Waals surface area contributed by atoms with Gasteiger partial charge in [-0.1, -0.05) is 22.0 Å². The molecule has 7 heteroatoms. The van der Waals surface area contributed by atoms with Gasteiger partial charge in [-0.05, 0) is 18.2 Å². The van der Waals surface area contributed by atoms with Crippen LogP contribution in [0.1, 0.15) is 20.3 Å². The lowest BCUT2D eigenvalue weighted by Gasteiger charge is -2.02. The number of carboxylic acid groups (broad SMARTS) is 1. The van der Waals surface area contributed by atoms with Crippen LogP contribution in [0.15, 0.2) is 34.1 Å². The Balaban J connectivity index is 2.14. The van der Waals surface area contributed by atoms with E-state index in [0.29, 0.717) is 5.69 Å². The highest BCUT2D eigenvalue weighted by Crippen LogP contribution is 2.17. The summed E-state index contributed by atoms with van der Waals surface area (Å²) in [5.74, 6) is -1.57. The van der Waals surface area contributed by atoms with E-state index in [0.717, 1.165) is 15.8 Å². The van der Waals surface area contributed by atoms with Crippen molar-refractivity contribution in [3.05, 3.63) is 44.8 Å². The van der Waals surface area contributed by atoms with Gasteiger partial charge in [0.2, 0.25) is 0 Å². The van der Waals surface area contributed by atoms with Gasteiger partial charge in [-0.15, -0.1) is 11.3 Å². The number of amides is 1. The van der Waals surface area contributed by atoms with Crippen LogP contribution in [0.5, 0.6) is 0 Å². The zero-order valence-corrected chi connectivity index (χ0v) is 11.3. The van der Waals surface area contributed by atoms with Gasteiger partial charge in [-0.2, -0.15) is 0 Å². The van der Waals surface area contributed by atoms with Gasteiger partial charge >= 0.3 is 5.97 Å². The number of benzene rings is 1. The Hall–Kier alpha value is -1.73. The number of halogens is 1. The highest BCUT2D eigenvalue weighted by atomic mass is 79.9. The van der Waals surface area contributed by atoms with Crippen molar-refractivity contribution in [3.63, 3.8) is 0 Å². The molecule has 2 rings (SSSR count). The van der Waals surface area contributed by atoms with E-state index in [1.54, 1.807) is 18.2 Å². The third-order valence-corrected chi connectivity index (χ3v) is 3.33. The maximum absolute atomic E-state index is 11.8. The van der Waals surface area contributed by atoms with E-state index in [4.69, 9.17) is 5.11 Å². The van der Waals surface area contributed by atoms with Crippen molar-refractivity contribution in [1.82, 2.24) is 4.98 Å². The second kappa shape index (κ2) is 5.28. The number of anilines is 1. The fourth-order valence-electron chi connectivity index (χ4n) is 1.23. The number of rotatable bonds is 3. The van der Waals surface area contributed by atoms with E-state index >= 15 is 0 Å². The van der Waals surface area contributed by atoms with Gasteiger partial charge in [0.1, 0.15) is 0 Å². The molecule has 0 aliphatic carbocycles. The number of carbonyl (C=O) groups excluding carboxylic acids is 1. The zero-order chi connectivity index (χ0) is 13.1. The first kappa shape index (κ1) is 12.7. The lowest BCUT2D eigenvalue weighted by atomic mass is 10.3. The average Bonchev–Trinajstić information content (AvgIpc) is 2.78. The third-order valence-electron chi connectivity index (χ3n) is 2.00. The second-order valence-corrected chi connectivity index (χ2v) is 5.08. The summed E-state index contributed by atoms with van der Waals surface area (Å²) in [7, 11) is 0. The molecule has 0 saturated carbocycles. The molecule has 1 aromatic carbocycles.